The van der Waals surface area contributed by atoms with E-state index >= 15 is 0 Å². The van der Waals surface area contributed by atoms with Crippen LogP contribution < -0.4 is 4.74 Å². The average molecular weight is 239 g/mol. The maximum atomic E-state index is 8.13. The van der Waals surface area contributed by atoms with E-state index in [9.17, 15) is 0 Å². The molecule has 18 heavy (non-hydrogen) atoms. The van der Waals surface area contributed by atoms with Crippen molar-refractivity contribution in [1.29, 1.82) is 0 Å². The van der Waals surface area contributed by atoms with Gasteiger partial charge in [-0.15, -0.1) is 0 Å². The second-order valence-electron chi connectivity index (χ2n) is 3.69. The zero-order valence-corrected chi connectivity index (χ0v) is 9.86. The van der Waals surface area contributed by atoms with Crippen LogP contribution in [0, 0.1) is 0 Å². The van der Waals surface area contributed by atoms with Crippen molar-refractivity contribution in [1.82, 2.24) is 0 Å². The van der Waals surface area contributed by atoms with Gasteiger partial charge in [-0.05, 0) is 28.8 Å². The molecule has 0 spiro atoms. The predicted octanol–water partition coefficient (Wildman–Crippen LogP) is 4.04. The first-order valence-electron chi connectivity index (χ1n) is 5.69. The van der Waals surface area contributed by atoms with Crippen molar-refractivity contribution in [2.45, 2.75) is 0 Å². The Kier molecular flexibility index (Phi) is 4.22. The fourth-order valence-electron chi connectivity index (χ4n) is 1.62. The van der Waals surface area contributed by atoms with Crippen molar-refractivity contribution in [2.75, 3.05) is 13.2 Å². The Balaban J connectivity index is 1.99. The van der Waals surface area contributed by atoms with E-state index in [1.807, 2.05) is 42.5 Å². The molecule has 0 fully saturated rings. The van der Waals surface area contributed by atoms with Gasteiger partial charge in [-0.2, -0.15) is 0 Å². The first-order valence-corrected chi connectivity index (χ1v) is 5.69. The molecule has 0 saturated heterocycles. The number of nitrogens with zero attached hydrogens (tertiary/aromatic N) is 3. The average Bonchev–Trinajstić information content (AvgIpc) is 2.45. The molecule has 2 aromatic rings. The van der Waals surface area contributed by atoms with Gasteiger partial charge in [-0.25, -0.2) is 0 Å². The van der Waals surface area contributed by atoms with Crippen LogP contribution in [-0.2, 0) is 0 Å². The second-order valence-corrected chi connectivity index (χ2v) is 3.69. The smallest absolute Gasteiger partial charge is 0.119 e. The van der Waals surface area contributed by atoms with Gasteiger partial charge in [0.15, 0.2) is 0 Å². The molecular formula is C14H13N3O. The lowest BCUT2D eigenvalue weighted by Crippen LogP contribution is -1.99. The Morgan fingerprint density at radius 2 is 1.61 bits per heavy atom. The SMILES string of the molecule is [N-]=[N+]=NCCOc1ccc(-c2ccccc2)cc1. The minimum atomic E-state index is 0.344. The van der Waals surface area contributed by atoms with E-state index < -0.39 is 0 Å². The lowest BCUT2D eigenvalue weighted by Gasteiger charge is -2.05. The summed E-state index contributed by atoms with van der Waals surface area (Å²) in [4.78, 5) is 2.67. The second kappa shape index (κ2) is 6.33. The first kappa shape index (κ1) is 12.0. The quantitative estimate of drug-likeness (QED) is 0.336. The highest BCUT2D eigenvalue weighted by Crippen LogP contribution is 2.21. The zero-order chi connectivity index (χ0) is 12.6. The molecule has 0 bridgehead atoms. The predicted molar refractivity (Wildman–Crippen MR) is 71.4 cm³/mol. The molecule has 0 N–H and O–H groups in total. The third kappa shape index (κ3) is 3.27. The molecule has 0 atom stereocenters. The van der Waals surface area contributed by atoms with Crippen molar-refractivity contribution >= 4 is 0 Å². The maximum absolute atomic E-state index is 8.13. The summed E-state index contributed by atoms with van der Waals surface area (Å²) < 4.78 is 5.43. The van der Waals surface area contributed by atoms with Crippen molar-refractivity contribution in [3.63, 3.8) is 0 Å². The monoisotopic (exact) mass is 239 g/mol. The van der Waals surface area contributed by atoms with E-state index in [1.165, 1.54) is 5.56 Å². The molecule has 0 aliphatic rings. The molecule has 0 aromatic heterocycles. The minimum Gasteiger partial charge on any atom is -0.493 e. The first-order chi connectivity index (χ1) is 8.90. The van der Waals surface area contributed by atoms with Crippen molar-refractivity contribution in [3.8, 4) is 16.9 Å². The third-order valence-electron chi connectivity index (χ3n) is 2.48. The number of ether oxygens (including phenoxy) is 1. The summed E-state index contributed by atoms with van der Waals surface area (Å²) in [6.07, 6.45) is 0. The van der Waals surface area contributed by atoms with Crippen LogP contribution in [-0.4, -0.2) is 13.2 Å². The number of hydrogen-bond acceptors (Lipinski definition) is 2. The highest BCUT2D eigenvalue weighted by molar-refractivity contribution is 5.63. The van der Waals surface area contributed by atoms with Gasteiger partial charge in [-0.3, -0.25) is 0 Å². The topological polar surface area (TPSA) is 58.0 Å². The summed E-state index contributed by atoms with van der Waals surface area (Å²) in [6.45, 7) is 0.742. The molecule has 0 aliphatic heterocycles. The van der Waals surface area contributed by atoms with E-state index in [-0.39, 0.29) is 0 Å². The van der Waals surface area contributed by atoms with Gasteiger partial charge >= 0.3 is 0 Å². The zero-order valence-electron chi connectivity index (χ0n) is 9.86. The lowest BCUT2D eigenvalue weighted by molar-refractivity contribution is 0.328. The summed E-state index contributed by atoms with van der Waals surface area (Å²) in [5.74, 6) is 0.780. The lowest BCUT2D eigenvalue weighted by atomic mass is 10.1. The molecule has 2 rings (SSSR count). The summed E-state index contributed by atoms with van der Waals surface area (Å²) in [6, 6.07) is 18.0. The van der Waals surface area contributed by atoms with E-state index in [2.05, 4.69) is 22.2 Å². The van der Waals surface area contributed by atoms with Crippen LogP contribution in [0.3, 0.4) is 0 Å². The number of azide groups is 1. The van der Waals surface area contributed by atoms with Crippen molar-refractivity contribution < 1.29 is 4.74 Å². The van der Waals surface area contributed by atoms with Crippen molar-refractivity contribution in [3.05, 3.63) is 65.0 Å². The molecule has 0 heterocycles. The van der Waals surface area contributed by atoms with E-state index in [0.717, 1.165) is 11.3 Å². The molecule has 90 valence electrons. The van der Waals surface area contributed by atoms with Crippen LogP contribution in [0.2, 0.25) is 0 Å². The van der Waals surface area contributed by atoms with Crippen LogP contribution >= 0.6 is 0 Å². The van der Waals surface area contributed by atoms with Crippen LogP contribution in [0.1, 0.15) is 0 Å². The van der Waals surface area contributed by atoms with Crippen LogP contribution in [0.15, 0.2) is 59.7 Å². The third-order valence-corrected chi connectivity index (χ3v) is 2.48. The Morgan fingerprint density at radius 3 is 2.28 bits per heavy atom. The van der Waals surface area contributed by atoms with E-state index in [0.29, 0.717) is 13.2 Å². The fourth-order valence-corrected chi connectivity index (χ4v) is 1.62. The normalized spacial score (nSPS) is 9.56. The molecule has 0 saturated carbocycles. The Hall–Kier alpha value is -2.45. The van der Waals surface area contributed by atoms with Crippen molar-refractivity contribution in [2.24, 2.45) is 5.11 Å². The summed E-state index contributed by atoms with van der Waals surface area (Å²) in [5, 5.41) is 3.41. The van der Waals surface area contributed by atoms with Gasteiger partial charge in [-0.1, -0.05) is 47.6 Å². The summed E-state index contributed by atoms with van der Waals surface area (Å²) in [5.41, 5.74) is 10.5. The molecule has 4 nitrogen and oxygen atoms in total. The highest BCUT2D eigenvalue weighted by atomic mass is 16.5. The fraction of sp³-hybridized carbons (Fsp3) is 0.143. The van der Waals surface area contributed by atoms with Gasteiger partial charge < -0.3 is 4.74 Å². The molecule has 0 aliphatic carbocycles. The molecule has 0 radical (unpaired) electrons. The van der Waals surface area contributed by atoms with Gasteiger partial charge in [0, 0.05) is 4.91 Å². The molecular weight excluding hydrogens is 226 g/mol. The van der Waals surface area contributed by atoms with Gasteiger partial charge in [0.25, 0.3) is 0 Å². The summed E-state index contributed by atoms with van der Waals surface area (Å²) >= 11 is 0. The van der Waals surface area contributed by atoms with Gasteiger partial charge in [0.2, 0.25) is 0 Å². The van der Waals surface area contributed by atoms with E-state index in [1.54, 1.807) is 0 Å². The highest BCUT2D eigenvalue weighted by Gasteiger charge is 1.97. The number of hydrogen-bond donors (Lipinski definition) is 0. The van der Waals surface area contributed by atoms with Gasteiger partial charge in [0.1, 0.15) is 5.75 Å². The van der Waals surface area contributed by atoms with Crippen LogP contribution in [0.4, 0.5) is 0 Å². The molecule has 4 heteroatoms. The molecule has 2 aromatic carbocycles. The Morgan fingerprint density at radius 1 is 0.944 bits per heavy atom. The van der Waals surface area contributed by atoms with Crippen LogP contribution in [0.5, 0.6) is 5.75 Å². The summed E-state index contributed by atoms with van der Waals surface area (Å²) in [7, 11) is 0. The van der Waals surface area contributed by atoms with Crippen LogP contribution in [0.25, 0.3) is 21.6 Å². The maximum Gasteiger partial charge on any atom is 0.119 e. The van der Waals surface area contributed by atoms with Gasteiger partial charge in [0.05, 0.1) is 13.2 Å². The van der Waals surface area contributed by atoms with E-state index in [4.69, 9.17) is 10.3 Å². The Labute approximate surface area is 105 Å². The largest absolute Gasteiger partial charge is 0.493 e. The molecule has 0 unspecified atom stereocenters. The number of rotatable bonds is 5. The minimum absolute atomic E-state index is 0.344. The standard InChI is InChI=1S/C14H13N3O/c15-17-16-10-11-18-14-8-6-13(7-9-14)12-4-2-1-3-5-12/h1-9H,10-11H2. The number of benzene rings is 2. The Bertz CT molecular complexity index is 531. The molecule has 0 amide bonds.